The molecule has 128 valence electrons. The fraction of sp³-hybridized carbons (Fsp3) is 0.526. The van der Waals surface area contributed by atoms with Crippen LogP contribution in [-0.4, -0.2) is 21.9 Å². The highest BCUT2D eigenvalue weighted by Crippen LogP contribution is 2.27. The summed E-state index contributed by atoms with van der Waals surface area (Å²) in [5.41, 5.74) is 0.0561. The molecule has 2 unspecified atom stereocenters. The maximum atomic E-state index is 12.7. The van der Waals surface area contributed by atoms with E-state index in [1.807, 2.05) is 19.9 Å². The Morgan fingerprint density at radius 2 is 1.96 bits per heavy atom. The number of benzene rings is 1. The van der Waals surface area contributed by atoms with Gasteiger partial charge in [-0.05, 0) is 45.1 Å². The summed E-state index contributed by atoms with van der Waals surface area (Å²) in [6.45, 7) is 5.94. The van der Waals surface area contributed by atoms with E-state index in [-0.39, 0.29) is 23.4 Å². The van der Waals surface area contributed by atoms with Crippen LogP contribution in [0, 0.1) is 5.92 Å². The van der Waals surface area contributed by atoms with Gasteiger partial charge in [0.2, 0.25) is 0 Å². The number of carbonyl (C=O) groups is 1. The molecule has 1 fully saturated rings. The fourth-order valence-electron chi connectivity index (χ4n) is 3.40. The van der Waals surface area contributed by atoms with Gasteiger partial charge >= 0.3 is 5.97 Å². The van der Waals surface area contributed by atoms with Crippen molar-refractivity contribution in [2.24, 2.45) is 5.92 Å². The molecule has 0 amide bonds. The van der Waals surface area contributed by atoms with E-state index in [9.17, 15) is 9.59 Å². The fourth-order valence-corrected chi connectivity index (χ4v) is 3.40. The topological polar surface area (TPSA) is 61.2 Å². The number of nitrogens with zero attached hydrogens (tertiary/aromatic N) is 2. The molecule has 0 bridgehead atoms. The second-order valence-electron chi connectivity index (χ2n) is 7.04. The van der Waals surface area contributed by atoms with Crippen LogP contribution in [0.2, 0.25) is 0 Å². The average molecular weight is 328 g/mol. The van der Waals surface area contributed by atoms with Crippen LogP contribution >= 0.6 is 0 Å². The van der Waals surface area contributed by atoms with Crippen molar-refractivity contribution in [2.75, 3.05) is 0 Å². The van der Waals surface area contributed by atoms with Gasteiger partial charge in [-0.15, -0.1) is 0 Å². The van der Waals surface area contributed by atoms with Crippen molar-refractivity contribution in [3.63, 3.8) is 0 Å². The monoisotopic (exact) mass is 328 g/mol. The first-order valence-corrected chi connectivity index (χ1v) is 8.70. The predicted octanol–water partition coefficient (Wildman–Crippen LogP) is 3.71. The van der Waals surface area contributed by atoms with Crippen LogP contribution in [0.25, 0.3) is 10.8 Å². The normalized spacial score (nSPS) is 21.2. The van der Waals surface area contributed by atoms with Gasteiger partial charge in [-0.1, -0.05) is 31.5 Å². The van der Waals surface area contributed by atoms with Gasteiger partial charge in [-0.3, -0.25) is 4.79 Å². The van der Waals surface area contributed by atoms with Gasteiger partial charge in [0, 0.05) is 5.39 Å². The van der Waals surface area contributed by atoms with E-state index in [0.29, 0.717) is 16.7 Å². The largest absolute Gasteiger partial charge is 0.458 e. The number of rotatable bonds is 3. The molecule has 0 aliphatic heterocycles. The first-order valence-electron chi connectivity index (χ1n) is 8.70. The summed E-state index contributed by atoms with van der Waals surface area (Å²) in [6, 6.07) is 6.98. The number of ether oxygens (including phenoxy) is 1. The zero-order chi connectivity index (χ0) is 17.3. The van der Waals surface area contributed by atoms with Gasteiger partial charge in [0.05, 0.1) is 11.4 Å². The third-order valence-electron chi connectivity index (χ3n) is 4.67. The molecule has 1 heterocycles. The molecule has 3 rings (SSSR count). The number of hydrogen-bond donors (Lipinski definition) is 0. The minimum Gasteiger partial charge on any atom is -0.458 e. The molecule has 1 aliphatic carbocycles. The van der Waals surface area contributed by atoms with Crippen molar-refractivity contribution in [2.45, 2.75) is 58.6 Å². The number of carbonyl (C=O) groups excluding carboxylic acids is 1. The molecule has 0 N–H and O–H groups in total. The summed E-state index contributed by atoms with van der Waals surface area (Å²) >= 11 is 0. The molecule has 1 aromatic heterocycles. The lowest BCUT2D eigenvalue weighted by molar-refractivity contribution is 0.0148. The molecule has 24 heavy (non-hydrogen) atoms. The first kappa shape index (κ1) is 16.7. The number of fused-ring (bicyclic) bond motifs is 1. The Bertz CT molecular complexity index is 810. The molecular weight excluding hydrogens is 304 g/mol. The van der Waals surface area contributed by atoms with Gasteiger partial charge in [-0.2, -0.15) is 5.10 Å². The van der Waals surface area contributed by atoms with Crippen LogP contribution in [0.5, 0.6) is 0 Å². The van der Waals surface area contributed by atoms with Crippen molar-refractivity contribution < 1.29 is 9.53 Å². The number of aromatic nitrogens is 2. The molecule has 5 heteroatoms. The van der Waals surface area contributed by atoms with E-state index in [1.54, 1.807) is 18.2 Å². The van der Waals surface area contributed by atoms with Gasteiger partial charge in [0.1, 0.15) is 6.10 Å². The van der Waals surface area contributed by atoms with Crippen LogP contribution in [-0.2, 0) is 4.74 Å². The summed E-state index contributed by atoms with van der Waals surface area (Å²) < 4.78 is 7.08. The molecule has 1 aliphatic rings. The summed E-state index contributed by atoms with van der Waals surface area (Å²) in [6.07, 6.45) is 4.01. The number of esters is 1. The zero-order valence-corrected chi connectivity index (χ0v) is 14.5. The van der Waals surface area contributed by atoms with Crippen molar-refractivity contribution in [3.8, 4) is 0 Å². The summed E-state index contributed by atoms with van der Waals surface area (Å²) in [5, 5.41) is 5.38. The first-order chi connectivity index (χ1) is 11.5. The lowest BCUT2D eigenvalue weighted by Gasteiger charge is -2.26. The van der Waals surface area contributed by atoms with Crippen LogP contribution in [0.1, 0.15) is 63.0 Å². The van der Waals surface area contributed by atoms with E-state index in [4.69, 9.17) is 4.74 Å². The van der Waals surface area contributed by atoms with Crippen molar-refractivity contribution >= 4 is 16.7 Å². The Morgan fingerprint density at radius 3 is 2.62 bits per heavy atom. The van der Waals surface area contributed by atoms with Crippen molar-refractivity contribution in [1.29, 1.82) is 0 Å². The summed E-state index contributed by atoms with van der Waals surface area (Å²) in [5.74, 6) is 0.144. The third-order valence-corrected chi connectivity index (χ3v) is 4.67. The Hall–Kier alpha value is -2.17. The second kappa shape index (κ2) is 6.75. The Balaban J connectivity index is 2.00. The van der Waals surface area contributed by atoms with Crippen LogP contribution in [0.3, 0.4) is 0 Å². The lowest BCUT2D eigenvalue weighted by atomic mass is 9.89. The third kappa shape index (κ3) is 3.21. The predicted molar refractivity (Wildman–Crippen MR) is 93.2 cm³/mol. The smallest absolute Gasteiger partial charge is 0.359 e. The molecule has 2 aromatic rings. The van der Waals surface area contributed by atoms with E-state index in [0.717, 1.165) is 19.3 Å². The Labute approximate surface area is 141 Å². The molecule has 1 aromatic carbocycles. The van der Waals surface area contributed by atoms with Gasteiger partial charge in [0.15, 0.2) is 5.69 Å². The Kier molecular flexibility index (Phi) is 4.69. The molecule has 0 radical (unpaired) electrons. The summed E-state index contributed by atoms with van der Waals surface area (Å²) in [4.78, 5) is 25.2. The molecule has 0 spiro atoms. The van der Waals surface area contributed by atoms with E-state index < -0.39 is 5.97 Å². The van der Waals surface area contributed by atoms with Gasteiger partial charge < -0.3 is 4.74 Å². The average Bonchev–Trinajstić information content (AvgIpc) is 2.55. The molecule has 1 saturated carbocycles. The highest BCUT2D eigenvalue weighted by atomic mass is 16.5. The second-order valence-corrected chi connectivity index (χ2v) is 7.04. The SMILES string of the molecule is CC1CCCC(OC(=O)c2nn(C(C)C)c(=O)c3ccccc23)C1. The zero-order valence-electron chi connectivity index (χ0n) is 14.5. The van der Waals surface area contributed by atoms with Gasteiger partial charge in [0.25, 0.3) is 5.56 Å². The van der Waals surface area contributed by atoms with Crippen LogP contribution in [0.4, 0.5) is 0 Å². The minimum atomic E-state index is -0.431. The molecular formula is C19H24N2O3. The standard InChI is InChI=1S/C19H24N2O3/c1-12(2)21-18(22)16-10-5-4-9-15(16)17(20-21)19(23)24-14-8-6-7-13(3)11-14/h4-5,9-10,12-14H,6-8,11H2,1-3H3. The van der Waals surface area contributed by atoms with Crippen molar-refractivity contribution in [1.82, 2.24) is 9.78 Å². The van der Waals surface area contributed by atoms with Crippen LogP contribution < -0.4 is 5.56 Å². The van der Waals surface area contributed by atoms with Crippen molar-refractivity contribution in [3.05, 3.63) is 40.3 Å². The van der Waals surface area contributed by atoms with Gasteiger partial charge in [-0.25, -0.2) is 9.48 Å². The molecule has 5 nitrogen and oxygen atoms in total. The lowest BCUT2D eigenvalue weighted by Crippen LogP contribution is -2.30. The summed E-state index contributed by atoms with van der Waals surface area (Å²) in [7, 11) is 0. The van der Waals surface area contributed by atoms with Crippen LogP contribution in [0.15, 0.2) is 29.1 Å². The number of hydrogen-bond acceptors (Lipinski definition) is 4. The maximum absolute atomic E-state index is 12.7. The maximum Gasteiger partial charge on any atom is 0.359 e. The molecule has 2 atom stereocenters. The minimum absolute atomic E-state index is 0.0544. The highest BCUT2D eigenvalue weighted by Gasteiger charge is 2.25. The molecule has 0 saturated heterocycles. The van der Waals surface area contributed by atoms with E-state index in [1.165, 1.54) is 11.1 Å². The van der Waals surface area contributed by atoms with E-state index >= 15 is 0 Å². The quantitative estimate of drug-likeness (QED) is 0.806. The van der Waals surface area contributed by atoms with E-state index in [2.05, 4.69) is 12.0 Å². The Morgan fingerprint density at radius 1 is 1.25 bits per heavy atom. The highest BCUT2D eigenvalue weighted by molar-refractivity contribution is 6.02.